The van der Waals surface area contributed by atoms with Gasteiger partial charge in [-0.25, -0.2) is 8.78 Å². The van der Waals surface area contributed by atoms with Crippen LogP contribution in [-0.2, 0) is 0 Å². The van der Waals surface area contributed by atoms with E-state index >= 15 is 0 Å². The second kappa shape index (κ2) is 4.71. The molecule has 1 aromatic carbocycles. The maximum absolute atomic E-state index is 12.8. The van der Waals surface area contributed by atoms with Gasteiger partial charge in [0.1, 0.15) is 11.6 Å². The Morgan fingerprint density at radius 3 is 2.29 bits per heavy atom. The van der Waals surface area contributed by atoms with E-state index in [-0.39, 0.29) is 18.3 Å². The Kier molecular flexibility index (Phi) is 3.84. The molecule has 14 heavy (non-hydrogen) atoms. The molecule has 0 unspecified atom stereocenters. The lowest BCUT2D eigenvalue weighted by Gasteiger charge is -2.08. The Bertz CT molecular complexity index is 291. The van der Waals surface area contributed by atoms with Gasteiger partial charge in [-0.15, -0.1) is 12.4 Å². The third-order valence-corrected chi connectivity index (χ3v) is 2.42. The van der Waals surface area contributed by atoms with Gasteiger partial charge in [-0.1, -0.05) is 0 Å². The van der Waals surface area contributed by atoms with Crippen molar-refractivity contribution in [1.29, 1.82) is 0 Å². The fraction of sp³-hybridized carbons (Fsp3) is 0.400. The topological polar surface area (TPSA) is 12.0 Å². The van der Waals surface area contributed by atoms with Crippen LogP contribution in [0.15, 0.2) is 18.2 Å². The lowest BCUT2D eigenvalue weighted by molar-refractivity contribution is 0.575. The smallest absolute Gasteiger partial charge is 0.126 e. The van der Waals surface area contributed by atoms with Crippen molar-refractivity contribution in [1.82, 2.24) is 5.32 Å². The Labute approximate surface area is 87.9 Å². The third kappa shape index (κ3) is 2.42. The largest absolute Gasteiger partial charge is 0.316 e. The quantitative estimate of drug-likeness (QED) is 0.765. The predicted molar refractivity (Wildman–Crippen MR) is 53.8 cm³/mol. The average molecular weight is 220 g/mol. The van der Waals surface area contributed by atoms with Crippen molar-refractivity contribution in [2.75, 3.05) is 13.1 Å². The van der Waals surface area contributed by atoms with Gasteiger partial charge in [0.2, 0.25) is 0 Å². The van der Waals surface area contributed by atoms with Crippen LogP contribution in [0.25, 0.3) is 0 Å². The molecule has 0 saturated carbocycles. The molecule has 0 spiro atoms. The van der Waals surface area contributed by atoms with Crippen molar-refractivity contribution in [3.8, 4) is 0 Å². The first-order chi connectivity index (χ1) is 6.25. The molecular formula is C10H12ClF2N. The van der Waals surface area contributed by atoms with Gasteiger partial charge in [0, 0.05) is 12.6 Å². The summed E-state index contributed by atoms with van der Waals surface area (Å²) in [6.45, 7) is 1.76. The summed E-state index contributed by atoms with van der Waals surface area (Å²) in [7, 11) is 0. The Morgan fingerprint density at radius 2 is 1.79 bits per heavy atom. The molecule has 1 saturated heterocycles. The van der Waals surface area contributed by atoms with E-state index in [9.17, 15) is 8.78 Å². The highest BCUT2D eigenvalue weighted by molar-refractivity contribution is 5.85. The maximum Gasteiger partial charge on any atom is 0.126 e. The van der Waals surface area contributed by atoms with Gasteiger partial charge in [0.25, 0.3) is 0 Å². The van der Waals surface area contributed by atoms with E-state index in [1.54, 1.807) is 0 Å². The molecule has 1 fully saturated rings. The number of hydrogen-bond acceptors (Lipinski definition) is 1. The second-order valence-corrected chi connectivity index (χ2v) is 3.39. The van der Waals surface area contributed by atoms with Gasteiger partial charge in [0.15, 0.2) is 0 Å². The monoisotopic (exact) mass is 219 g/mol. The SMILES string of the molecule is Cl.Fc1cc(F)cc([C@H]2CCNC2)c1. The lowest BCUT2D eigenvalue weighted by Crippen LogP contribution is -2.08. The first kappa shape index (κ1) is 11.4. The molecular weight excluding hydrogens is 208 g/mol. The first-order valence-electron chi connectivity index (χ1n) is 4.42. The van der Waals surface area contributed by atoms with Crippen molar-refractivity contribution in [2.24, 2.45) is 0 Å². The molecule has 0 bridgehead atoms. The van der Waals surface area contributed by atoms with Crippen molar-refractivity contribution < 1.29 is 8.78 Å². The summed E-state index contributed by atoms with van der Waals surface area (Å²) in [5.41, 5.74) is 0.766. The molecule has 1 nitrogen and oxygen atoms in total. The van der Waals surface area contributed by atoms with Crippen LogP contribution in [0.2, 0.25) is 0 Å². The van der Waals surface area contributed by atoms with Crippen molar-refractivity contribution in [3.05, 3.63) is 35.4 Å². The molecule has 0 amide bonds. The zero-order chi connectivity index (χ0) is 9.26. The summed E-state index contributed by atoms with van der Waals surface area (Å²) < 4.78 is 25.6. The summed E-state index contributed by atoms with van der Waals surface area (Å²) in [6, 6.07) is 3.74. The molecule has 1 aliphatic heterocycles. The van der Waals surface area contributed by atoms with Crippen molar-refractivity contribution in [2.45, 2.75) is 12.3 Å². The van der Waals surface area contributed by atoms with E-state index in [0.29, 0.717) is 0 Å². The molecule has 0 radical (unpaired) electrons. The van der Waals surface area contributed by atoms with Crippen LogP contribution in [0.3, 0.4) is 0 Å². The van der Waals surface area contributed by atoms with Gasteiger partial charge in [-0.05, 0) is 36.6 Å². The first-order valence-corrected chi connectivity index (χ1v) is 4.42. The molecule has 1 aromatic rings. The van der Waals surface area contributed by atoms with E-state index in [0.717, 1.165) is 31.1 Å². The summed E-state index contributed by atoms with van der Waals surface area (Å²) in [6.07, 6.45) is 0.961. The zero-order valence-corrected chi connectivity index (χ0v) is 8.41. The normalized spacial score (nSPS) is 20.6. The molecule has 78 valence electrons. The van der Waals surface area contributed by atoms with Gasteiger partial charge in [-0.3, -0.25) is 0 Å². The second-order valence-electron chi connectivity index (χ2n) is 3.39. The predicted octanol–water partition coefficient (Wildman–Crippen LogP) is 2.46. The number of benzene rings is 1. The number of rotatable bonds is 1. The minimum absolute atomic E-state index is 0. The van der Waals surface area contributed by atoms with Gasteiger partial charge < -0.3 is 5.32 Å². The maximum atomic E-state index is 12.8. The summed E-state index contributed by atoms with van der Waals surface area (Å²) in [5.74, 6) is -0.700. The van der Waals surface area contributed by atoms with Gasteiger partial charge in [-0.2, -0.15) is 0 Å². The fourth-order valence-corrected chi connectivity index (χ4v) is 1.75. The Balaban J connectivity index is 0.000000980. The number of hydrogen-bond donors (Lipinski definition) is 1. The van der Waals surface area contributed by atoms with Crippen LogP contribution in [0.1, 0.15) is 17.9 Å². The summed E-state index contributed by atoms with van der Waals surface area (Å²) >= 11 is 0. The molecule has 1 N–H and O–H groups in total. The van der Waals surface area contributed by atoms with E-state index < -0.39 is 11.6 Å². The van der Waals surface area contributed by atoms with Gasteiger partial charge >= 0.3 is 0 Å². The minimum atomic E-state index is -0.484. The van der Waals surface area contributed by atoms with E-state index in [1.807, 2.05) is 0 Å². The third-order valence-electron chi connectivity index (χ3n) is 2.42. The molecule has 1 atom stereocenters. The van der Waals surface area contributed by atoms with Crippen LogP contribution >= 0.6 is 12.4 Å². The van der Waals surface area contributed by atoms with Crippen molar-refractivity contribution >= 4 is 12.4 Å². The Hall–Kier alpha value is -0.670. The van der Waals surface area contributed by atoms with Crippen LogP contribution in [-0.4, -0.2) is 13.1 Å². The highest BCUT2D eigenvalue weighted by Gasteiger charge is 2.17. The summed E-state index contributed by atoms with van der Waals surface area (Å²) in [4.78, 5) is 0. The van der Waals surface area contributed by atoms with E-state index in [1.165, 1.54) is 12.1 Å². The minimum Gasteiger partial charge on any atom is -0.316 e. The van der Waals surface area contributed by atoms with Crippen LogP contribution < -0.4 is 5.32 Å². The lowest BCUT2D eigenvalue weighted by atomic mass is 9.98. The van der Waals surface area contributed by atoms with E-state index in [2.05, 4.69) is 5.32 Å². The van der Waals surface area contributed by atoms with Gasteiger partial charge in [0.05, 0.1) is 0 Å². The molecule has 1 aliphatic rings. The molecule has 2 rings (SSSR count). The molecule has 1 heterocycles. The van der Waals surface area contributed by atoms with Crippen molar-refractivity contribution in [3.63, 3.8) is 0 Å². The van der Waals surface area contributed by atoms with Crippen LogP contribution in [0.5, 0.6) is 0 Å². The average Bonchev–Trinajstić information content (AvgIpc) is 2.53. The van der Waals surface area contributed by atoms with E-state index in [4.69, 9.17) is 0 Å². The summed E-state index contributed by atoms with van der Waals surface area (Å²) in [5, 5.41) is 3.16. The zero-order valence-electron chi connectivity index (χ0n) is 7.59. The highest BCUT2D eigenvalue weighted by atomic mass is 35.5. The van der Waals surface area contributed by atoms with Crippen LogP contribution in [0, 0.1) is 11.6 Å². The Morgan fingerprint density at radius 1 is 1.14 bits per heavy atom. The molecule has 0 aromatic heterocycles. The highest BCUT2D eigenvalue weighted by Crippen LogP contribution is 2.23. The molecule has 4 heteroatoms. The number of halogens is 3. The fourth-order valence-electron chi connectivity index (χ4n) is 1.75. The van der Waals surface area contributed by atoms with Crippen LogP contribution in [0.4, 0.5) is 8.78 Å². The molecule has 0 aliphatic carbocycles. The standard InChI is InChI=1S/C10H11F2N.ClH/c11-9-3-8(4-10(12)5-9)7-1-2-13-6-7;/h3-5,7,13H,1-2,6H2;1H/t7-;/m0./s1. The number of nitrogens with one attached hydrogen (secondary N) is 1.